The zero-order valence-corrected chi connectivity index (χ0v) is 17.5. The van der Waals surface area contributed by atoms with E-state index < -0.39 is 11.4 Å². The van der Waals surface area contributed by atoms with Crippen molar-refractivity contribution in [2.24, 2.45) is 0 Å². The van der Waals surface area contributed by atoms with E-state index in [4.69, 9.17) is 9.84 Å². The number of carbonyl (C=O) groups excluding carboxylic acids is 2. The maximum absolute atomic E-state index is 12.8. The van der Waals surface area contributed by atoms with Gasteiger partial charge in [0.05, 0.1) is 18.4 Å². The fourth-order valence-electron chi connectivity index (χ4n) is 3.29. The fourth-order valence-corrected chi connectivity index (χ4v) is 3.29. The van der Waals surface area contributed by atoms with Crippen LogP contribution in [0.5, 0.6) is 0 Å². The van der Waals surface area contributed by atoms with E-state index in [-0.39, 0.29) is 24.7 Å². The number of carboxylic acid groups (broad SMARTS) is 1. The highest BCUT2D eigenvalue weighted by Gasteiger charge is 2.36. The third-order valence-corrected chi connectivity index (χ3v) is 5.10. The third-order valence-electron chi connectivity index (χ3n) is 5.10. The van der Waals surface area contributed by atoms with E-state index in [9.17, 15) is 14.4 Å². The van der Waals surface area contributed by atoms with Gasteiger partial charge < -0.3 is 15.2 Å². The van der Waals surface area contributed by atoms with Gasteiger partial charge in [-0.15, -0.1) is 0 Å². The molecule has 2 aromatic rings. The van der Waals surface area contributed by atoms with Gasteiger partial charge >= 0.3 is 11.9 Å². The van der Waals surface area contributed by atoms with Crippen LogP contribution in [0.25, 0.3) is 11.1 Å². The molecule has 0 aromatic heterocycles. The predicted molar refractivity (Wildman–Crippen MR) is 115 cm³/mol. The molecule has 1 atom stereocenters. The first-order valence-corrected chi connectivity index (χ1v) is 10.2. The zero-order valence-electron chi connectivity index (χ0n) is 17.5. The molecule has 1 unspecified atom stereocenters. The number of carboxylic acids is 1. The van der Waals surface area contributed by atoms with Gasteiger partial charge in [0.1, 0.15) is 0 Å². The number of ether oxygens (including phenoxy) is 1. The van der Waals surface area contributed by atoms with Crippen molar-refractivity contribution < 1.29 is 24.2 Å². The summed E-state index contributed by atoms with van der Waals surface area (Å²) in [6, 6.07) is 17.9. The Labute approximate surface area is 177 Å². The van der Waals surface area contributed by atoms with Gasteiger partial charge in [0.15, 0.2) is 0 Å². The molecule has 0 radical (unpaired) electrons. The van der Waals surface area contributed by atoms with Crippen LogP contribution in [0.15, 0.2) is 54.6 Å². The fraction of sp³-hybridized carbons (Fsp3) is 0.375. The molecule has 0 aliphatic rings. The van der Waals surface area contributed by atoms with Crippen LogP contribution in [0, 0.1) is 0 Å². The van der Waals surface area contributed by atoms with Gasteiger partial charge in [0.2, 0.25) is 5.91 Å². The van der Waals surface area contributed by atoms with Crippen molar-refractivity contribution in [2.75, 3.05) is 13.2 Å². The SMILES string of the molecule is CCOC(=O)C(C)(CCCNC(=O)CCC(=O)O)c1ccc(-c2ccccc2)cc1. The molecule has 2 N–H and O–H groups in total. The Kier molecular flexibility index (Phi) is 8.59. The van der Waals surface area contributed by atoms with E-state index in [0.717, 1.165) is 16.7 Å². The summed E-state index contributed by atoms with van der Waals surface area (Å²) in [5.41, 5.74) is 2.19. The van der Waals surface area contributed by atoms with E-state index in [1.807, 2.05) is 61.5 Å². The third kappa shape index (κ3) is 6.44. The van der Waals surface area contributed by atoms with Crippen molar-refractivity contribution in [1.29, 1.82) is 0 Å². The summed E-state index contributed by atoms with van der Waals surface area (Å²) >= 11 is 0. The maximum Gasteiger partial charge on any atom is 0.316 e. The highest BCUT2D eigenvalue weighted by atomic mass is 16.5. The Balaban J connectivity index is 2.06. The van der Waals surface area contributed by atoms with Gasteiger partial charge in [-0.3, -0.25) is 14.4 Å². The smallest absolute Gasteiger partial charge is 0.316 e. The highest BCUT2D eigenvalue weighted by Crippen LogP contribution is 2.32. The molecule has 0 spiro atoms. The molecule has 6 nitrogen and oxygen atoms in total. The molecule has 0 aliphatic carbocycles. The second-order valence-corrected chi connectivity index (χ2v) is 7.34. The minimum atomic E-state index is -1.00. The molecule has 160 valence electrons. The van der Waals surface area contributed by atoms with Crippen molar-refractivity contribution in [2.45, 2.75) is 44.9 Å². The van der Waals surface area contributed by atoms with Crippen LogP contribution in [0.1, 0.15) is 45.1 Å². The number of carbonyl (C=O) groups is 3. The molecule has 30 heavy (non-hydrogen) atoms. The first-order valence-electron chi connectivity index (χ1n) is 10.2. The summed E-state index contributed by atoms with van der Waals surface area (Å²) < 4.78 is 5.33. The van der Waals surface area contributed by atoms with E-state index in [0.29, 0.717) is 26.0 Å². The molecular weight excluding hydrogens is 382 g/mol. The second kappa shape index (κ2) is 11.1. The number of hydrogen-bond donors (Lipinski definition) is 2. The number of esters is 1. The quantitative estimate of drug-likeness (QED) is 0.432. The van der Waals surface area contributed by atoms with Crippen LogP contribution in [0.3, 0.4) is 0 Å². The summed E-state index contributed by atoms with van der Waals surface area (Å²) in [7, 11) is 0. The maximum atomic E-state index is 12.8. The minimum absolute atomic E-state index is 0.0502. The van der Waals surface area contributed by atoms with Crippen molar-refractivity contribution in [3.05, 3.63) is 60.2 Å². The molecule has 1 amide bonds. The minimum Gasteiger partial charge on any atom is -0.481 e. The number of benzene rings is 2. The number of hydrogen-bond acceptors (Lipinski definition) is 4. The normalized spacial score (nSPS) is 12.6. The monoisotopic (exact) mass is 411 g/mol. The lowest BCUT2D eigenvalue weighted by atomic mass is 9.78. The molecule has 2 rings (SSSR count). The van der Waals surface area contributed by atoms with Crippen LogP contribution < -0.4 is 5.32 Å². The van der Waals surface area contributed by atoms with E-state index in [1.54, 1.807) is 6.92 Å². The number of amides is 1. The van der Waals surface area contributed by atoms with Crippen molar-refractivity contribution >= 4 is 17.8 Å². The van der Waals surface area contributed by atoms with Crippen LogP contribution in [-0.4, -0.2) is 36.1 Å². The predicted octanol–water partition coefficient (Wildman–Crippen LogP) is 3.94. The lowest BCUT2D eigenvalue weighted by molar-refractivity contribution is -0.150. The van der Waals surface area contributed by atoms with E-state index >= 15 is 0 Å². The Hall–Kier alpha value is -3.15. The van der Waals surface area contributed by atoms with Gasteiger partial charge in [-0.05, 0) is 43.4 Å². The average molecular weight is 411 g/mol. The molecule has 0 saturated heterocycles. The van der Waals surface area contributed by atoms with E-state index in [1.165, 1.54) is 0 Å². The van der Waals surface area contributed by atoms with E-state index in [2.05, 4.69) is 5.32 Å². The molecule has 0 aliphatic heterocycles. The van der Waals surface area contributed by atoms with Crippen molar-refractivity contribution in [3.8, 4) is 11.1 Å². The highest BCUT2D eigenvalue weighted by molar-refractivity contribution is 5.83. The molecule has 0 fully saturated rings. The lowest BCUT2D eigenvalue weighted by Crippen LogP contribution is -2.36. The average Bonchev–Trinajstić information content (AvgIpc) is 2.76. The number of rotatable bonds is 11. The van der Waals surface area contributed by atoms with Crippen LogP contribution in [0.4, 0.5) is 0 Å². The van der Waals surface area contributed by atoms with Crippen LogP contribution in [-0.2, 0) is 24.5 Å². The van der Waals surface area contributed by atoms with Crippen molar-refractivity contribution in [1.82, 2.24) is 5.32 Å². The first kappa shape index (κ1) is 23.1. The lowest BCUT2D eigenvalue weighted by Gasteiger charge is -2.28. The van der Waals surface area contributed by atoms with Gasteiger partial charge in [-0.25, -0.2) is 0 Å². The summed E-state index contributed by atoms with van der Waals surface area (Å²) in [4.78, 5) is 35.0. The van der Waals surface area contributed by atoms with Crippen LogP contribution >= 0.6 is 0 Å². The second-order valence-electron chi connectivity index (χ2n) is 7.34. The van der Waals surface area contributed by atoms with Gasteiger partial charge in [0, 0.05) is 13.0 Å². The summed E-state index contributed by atoms with van der Waals surface area (Å²) in [6.07, 6.45) is 0.815. The Morgan fingerprint density at radius 3 is 2.20 bits per heavy atom. The number of aliphatic carboxylic acids is 1. The molecular formula is C24H29NO5. The largest absolute Gasteiger partial charge is 0.481 e. The van der Waals surface area contributed by atoms with Crippen LogP contribution in [0.2, 0.25) is 0 Å². The van der Waals surface area contributed by atoms with Gasteiger partial charge in [-0.2, -0.15) is 0 Å². The molecule has 0 bridgehead atoms. The Morgan fingerprint density at radius 1 is 0.967 bits per heavy atom. The molecule has 0 heterocycles. The summed E-state index contributed by atoms with van der Waals surface area (Å²) in [6.45, 7) is 4.30. The van der Waals surface area contributed by atoms with Gasteiger partial charge in [-0.1, -0.05) is 54.6 Å². The zero-order chi connectivity index (χ0) is 22.0. The summed E-state index contributed by atoms with van der Waals surface area (Å²) in [5, 5.41) is 11.3. The summed E-state index contributed by atoms with van der Waals surface area (Å²) in [5.74, 6) is -1.60. The Morgan fingerprint density at radius 2 is 1.60 bits per heavy atom. The Bertz CT molecular complexity index is 848. The first-order chi connectivity index (χ1) is 14.4. The van der Waals surface area contributed by atoms with Crippen molar-refractivity contribution in [3.63, 3.8) is 0 Å². The number of nitrogens with one attached hydrogen (secondary N) is 1. The van der Waals surface area contributed by atoms with Gasteiger partial charge in [0.25, 0.3) is 0 Å². The molecule has 6 heteroatoms. The topological polar surface area (TPSA) is 92.7 Å². The standard InChI is InChI=1S/C24H29NO5/c1-3-30-23(29)24(2,16-7-17-25-21(26)14-15-22(27)28)20-12-10-19(11-13-20)18-8-5-4-6-9-18/h4-6,8-13H,3,7,14-17H2,1-2H3,(H,25,26)(H,27,28). The molecule has 0 saturated carbocycles. The molecule has 2 aromatic carbocycles.